The number of hydrogen-bond donors (Lipinski definition) is 2. The molecule has 0 spiro atoms. The molecule has 2 aromatic carbocycles. The molecule has 0 unspecified atom stereocenters. The van der Waals surface area contributed by atoms with E-state index in [9.17, 15) is 4.79 Å². The number of fused-ring (bicyclic) bond motifs is 1. The van der Waals surface area contributed by atoms with Crippen molar-refractivity contribution in [2.45, 2.75) is 0 Å². The number of carbonyl (C=O) groups is 1. The van der Waals surface area contributed by atoms with Gasteiger partial charge in [0.1, 0.15) is 17.8 Å². The average molecular weight is 493 g/mol. The lowest BCUT2D eigenvalue weighted by Gasteiger charge is -2.13. The van der Waals surface area contributed by atoms with Crippen LogP contribution < -0.4 is 20.5 Å². The number of pyridine rings is 1. The number of nitrogens with one attached hydrogen (secondary N) is 1. The highest BCUT2D eigenvalue weighted by Crippen LogP contribution is 2.44. The molecule has 3 N–H and O–H groups in total. The molecule has 5 rings (SSSR count). The van der Waals surface area contributed by atoms with Crippen molar-refractivity contribution >= 4 is 28.4 Å². The van der Waals surface area contributed by atoms with E-state index in [2.05, 4.69) is 26.8 Å². The molecule has 0 fully saturated rings. The van der Waals surface area contributed by atoms with Crippen molar-refractivity contribution in [2.24, 2.45) is 7.05 Å². The lowest BCUT2D eigenvalue weighted by molar-refractivity contribution is -0.111. The monoisotopic (exact) mass is 492 g/mol. The fourth-order valence-corrected chi connectivity index (χ4v) is 4.23. The Morgan fingerprint density at radius 2 is 1.81 bits per heavy atom. The van der Waals surface area contributed by atoms with Crippen molar-refractivity contribution < 1.29 is 14.3 Å². The number of aryl methyl sites for hydroxylation is 1. The van der Waals surface area contributed by atoms with Gasteiger partial charge in [-0.25, -0.2) is 15.0 Å². The number of methoxy groups -OCH3 is 1. The van der Waals surface area contributed by atoms with E-state index in [1.807, 2.05) is 66.2 Å². The molecule has 37 heavy (non-hydrogen) atoms. The Kier molecular flexibility index (Phi) is 6.25. The van der Waals surface area contributed by atoms with Crippen LogP contribution in [-0.4, -0.2) is 32.5 Å². The number of ether oxygens (including phenoxy) is 2. The zero-order valence-corrected chi connectivity index (χ0v) is 20.3. The summed E-state index contributed by atoms with van der Waals surface area (Å²) in [5.74, 6) is 1.61. The third kappa shape index (κ3) is 4.45. The van der Waals surface area contributed by atoms with Crippen LogP contribution in [0.25, 0.3) is 33.4 Å². The lowest BCUT2D eigenvalue weighted by Crippen LogP contribution is -2.06. The Bertz CT molecular complexity index is 1610. The Labute approximate surface area is 213 Å². The highest BCUT2D eigenvalue weighted by molar-refractivity contribution is 6.08. The fraction of sp³-hybridized carbons (Fsp3) is 0.0714. The van der Waals surface area contributed by atoms with Gasteiger partial charge in [0.25, 0.3) is 0 Å². The topological polar surface area (TPSA) is 117 Å². The van der Waals surface area contributed by atoms with Crippen LogP contribution in [0.5, 0.6) is 17.4 Å². The molecule has 9 heteroatoms. The number of nitrogens with two attached hydrogens (primary N) is 1. The maximum Gasteiger partial charge on any atom is 0.247 e. The van der Waals surface area contributed by atoms with Crippen molar-refractivity contribution in [3.05, 3.63) is 85.8 Å². The first-order valence-electron chi connectivity index (χ1n) is 11.4. The number of carbonyl (C=O) groups excluding carboxylic acids is 1. The Balaban J connectivity index is 1.66. The summed E-state index contributed by atoms with van der Waals surface area (Å²) in [7, 11) is 3.51. The molecule has 0 aliphatic heterocycles. The quantitative estimate of drug-likeness (QED) is 0.300. The third-order valence-electron chi connectivity index (χ3n) is 5.91. The molecule has 3 heterocycles. The fourth-order valence-electron chi connectivity index (χ4n) is 4.23. The Morgan fingerprint density at radius 1 is 1.03 bits per heavy atom. The van der Waals surface area contributed by atoms with Crippen molar-refractivity contribution in [2.75, 3.05) is 18.2 Å². The van der Waals surface area contributed by atoms with E-state index >= 15 is 0 Å². The van der Waals surface area contributed by atoms with E-state index in [1.165, 1.54) is 12.4 Å². The molecular weight excluding hydrogens is 468 g/mol. The van der Waals surface area contributed by atoms with Crippen LogP contribution in [0.3, 0.4) is 0 Å². The molecule has 0 bridgehead atoms. The van der Waals surface area contributed by atoms with Gasteiger partial charge in [0, 0.05) is 30.6 Å². The van der Waals surface area contributed by atoms with Crippen LogP contribution in [0.15, 0.2) is 85.8 Å². The zero-order chi connectivity index (χ0) is 25.9. The summed E-state index contributed by atoms with van der Waals surface area (Å²) >= 11 is 0. The number of hydrogen-bond acceptors (Lipinski definition) is 7. The molecular formula is C28H24N6O3. The summed E-state index contributed by atoms with van der Waals surface area (Å²) in [6.07, 6.45) is 4.34. The van der Waals surface area contributed by atoms with Gasteiger partial charge < -0.3 is 25.1 Å². The molecule has 9 nitrogen and oxygen atoms in total. The number of aromatic nitrogens is 4. The molecule has 1 amide bonds. The van der Waals surface area contributed by atoms with Gasteiger partial charge in [-0.15, -0.1) is 0 Å². The van der Waals surface area contributed by atoms with E-state index in [4.69, 9.17) is 15.2 Å². The zero-order valence-electron chi connectivity index (χ0n) is 20.3. The number of rotatable bonds is 7. The highest BCUT2D eigenvalue weighted by atomic mass is 16.5. The second-order valence-corrected chi connectivity index (χ2v) is 8.15. The van der Waals surface area contributed by atoms with Gasteiger partial charge in [-0.05, 0) is 47.5 Å². The van der Waals surface area contributed by atoms with Gasteiger partial charge >= 0.3 is 0 Å². The molecule has 184 valence electrons. The van der Waals surface area contributed by atoms with Crippen LogP contribution in [0, 0.1) is 0 Å². The van der Waals surface area contributed by atoms with Crippen molar-refractivity contribution in [1.82, 2.24) is 19.5 Å². The SMILES string of the molecule is C=CC(=O)Nc1ccc(-c2c(-c3ccc(Oc4ccccn4)c(OC)c3)c3c(N)ncnc3n2C)cc1. The maximum absolute atomic E-state index is 11.7. The molecule has 3 aromatic heterocycles. The van der Waals surface area contributed by atoms with Crippen LogP contribution >= 0.6 is 0 Å². The smallest absolute Gasteiger partial charge is 0.247 e. The first-order chi connectivity index (χ1) is 18.0. The van der Waals surface area contributed by atoms with Crippen LogP contribution in [0.1, 0.15) is 0 Å². The number of benzene rings is 2. The molecule has 0 saturated carbocycles. The second-order valence-electron chi connectivity index (χ2n) is 8.15. The number of anilines is 2. The minimum absolute atomic E-state index is 0.277. The van der Waals surface area contributed by atoms with Crippen LogP contribution in [-0.2, 0) is 11.8 Å². The van der Waals surface area contributed by atoms with Gasteiger partial charge in [0.15, 0.2) is 11.5 Å². The van der Waals surface area contributed by atoms with Crippen molar-refractivity contribution in [1.29, 1.82) is 0 Å². The van der Waals surface area contributed by atoms with Crippen LogP contribution in [0.4, 0.5) is 11.5 Å². The highest BCUT2D eigenvalue weighted by Gasteiger charge is 2.23. The van der Waals surface area contributed by atoms with Crippen molar-refractivity contribution in [3.8, 4) is 39.8 Å². The van der Waals surface area contributed by atoms with Crippen molar-refractivity contribution in [3.63, 3.8) is 0 Å². The van der Waals surface area contributed by atoms with Crippen LogP contribution in [0.2, 0.25) is 0 Å². The van der Waals surface area contributed by atoms with Gasteiger partial charge in [-0.1, -0.05) is 30.8 Å². The maximum atomic E-state index is 11.7. The van der Waals surface area contributed by atoms with Gasteiger partial charge in [-0.3, -0.25) is 4.79 Å². The minimum Gasteiger partial charge on any atom is -0.493 e. The summed E-state index contributed by atoms with van der Waals surface area (Å²) in [4.78, 5) is 24.7. The molecule has 0 aliphatic carbocycles. The number of amides is 1. The summed E-state index contributed by atoms with van der Waals surface area (Å²) in [6.45, 7) is 3.49. The van der Waals surface area contributed by atoms with Gasteiger partial charge in [0.05, 0.1) is 18.2 Å². The molecule has 5 aromatic rings. The Morgan fingerprint density at radius 3 is 2.51 bits per heavy atom. The van der Waals surface area contributed by atoms with Gasteiger partial charge in [-0.2, -0.15) is 0 Å². The average Bonchev–Trinajstić information content (AvgIpc) is 3.23. The van der Waals surface area contributed by atoms with E-state index in [0.29, 0.717) is 34.5 Å². The first kappa shape index (κ1) is 23.6. The second kappa shape index (κ2) is 9.82. The molecule has 0 aliphatic rings. The largest absolute Gasteiger partial charge is 0.493 e. The molecule has 0 saturated heterocycles. The first-order valence-corrected chi connectivity index (χ1v) is 11.4. The normalized spacial score (nSPS) is 10.8. The third-order valence-corrected chi connectivity index (χ3v) is 5.91. The molecule has 0 atom stereocenters. The van der Waals surface area contributed by atoms with E-state index in [0.717, 1.165) is 27.8 Å². The predicted octanol–water partition coefficient (Wildman–Crippen LogP) is 5.20. The summed E-state index contributed by atoms with van der Waals surface area (Å²) < 4.78 is 13.6. The summed E-state index contributed by atoms with van der Waals surface area (Å²) in [6, 6.07) is 18.6. The summed E-state index contributed by atoms with van der Waals surface area (Å²) in [5, 5.41) is 3.49. The summed E-state index contributed by atoms with van der Waals surface area (Å²) in [5.41, 5.74) is 11.2. The standard InChI is InChI=1S/C28H24N6O3/c1-4-22(35)33-19-11-8-17(9-12-19)26-24(25-27(29)31-16-32-28(25)34(26)2)18-10-13-20(21(15-18)36-3)37-23-7-5-6-14-30-23/h4-16H,1H2,2-3H3,(H,33,35)(H2,29,31,32). The molecule has 0 radical (unpaired) electrons. The number of nitrogens with zero attached hydrogens (tertiary/aromatic N) is 4. The van der Waals surface area contributed by atoms with E-state index in [1.54, 1.807) is 19.4 Å². The lowest BCUT2D eigenvalue weighted by atomic mass is 9.98. The van der Waals surface area contributed by atoms with Gasteiger partial charge in [0.2, 0.25) is 11.8 Å². The van der Waals surface area contributed by atoms with E-state index in [-0.39, 0.29) is 5.91 Å². The predicted molar refractivity (Wildman–Crippen MR) is 143 cm³/mol. The Hall–Kier alpha value is -5.18. The minimum atomic E-state index is -0.277. The van der Waals surface area contributed by atoms with E-state index < -0.39 is 0 Å². The number of nitrogen functional groups attached to an aromatic ring is 1.